The van der Waals surface area contributed by atoms with E-state index < -0.39 is 0 Å². The Balaban J connectivity index is 1.92. The maximum atomic E-state index is 8.89. The molecule has 0 aliphatic rings. The molecule has 2 heterocycles. The number of hydrogen-bond acceptors (Lipinski definition) is 5. The minimum atomic E-state index is 0.482. The van der Waals surface area contributed by atoms with Crippen LogP contribution in [0, 0.1) is 18.3 Å². The van der Waals surface area contributed by atoms with E-state index in [0.29, 0.717) is 12.2 Å². The highest BCUT2D eigenvalue weighted by Crippen LogP contribution is 2.09. The molecule has 0 amide bonds. The standard InChI is InChI=1S/C12H12N4S/c1-9-8-17-12(16-9)7-14-6-10-3-2-4-15-11(10)5-13/h2-4,8,14H,6-7H2,1H3. The van der Waals surface area contributed by atoms with Gasteiger partial charge in [0, 0.05) is 35.9 Å². The van der Waals surface area contributed by atoms with E-state index in [4.69, 9.17) is 5.26 Å². The second-order valence-corrected chi connectivity index (χ2v) is 4.55. The molecule has 5 heteroatoms. The van der Waals surface area contributed by atoms with E-state index in [2.05, 4.69) is 21.4 Å². The van der Waals surface area contributed by atoms with E-state index in [-0.39, 0.29) is 0 Å². The summed E-state index contributed by atoms with van der Waals surface area (Å²) in [5.74, 6) is 0. The summed E-state index contributed by atoms with van der Waals surface area (Å²) in [6.45, 7) is 3.34. The molecule has 2 aromatic rings. The fraction of sp³-hybridized carbons (Fsp3) is 0.250. The normalized spacial score (nSPS) is 10.1. The van der Waals surface area contributed by atoms with E-state index in [1.807, 2.05) is 24.4 Å². The van der Waals surface area contributed by atoms with Crippen molar-refractivity contribution in [3.8, 4) is 6.07 Å². The molecule has 0 fully saturated rings. The minimum Gasteiger partial charge on any atom is -0.306 e. The Kier molecular flexibility index (Phi) is 3.81. The molecule has 86 valence electrons. The SMILES string of the molecule is Cc1csc(CNCc2cccnc2C#N)n1. The van der Waals surface area contributed by atoms with E-state index in [9.17, 15) is 0 Å². The van der Waals surface area contributed by atoms with Gasteiger partial charge in [0.25, 0.3) is 0 Å². The lowest BCUT2D eigenvalue weighted by atomic mass is 10.2. The molecule has 0 atom stereocenters. The number of hydrogen-bond donors (Lipinski definition) is 1. The van der Waals surface area contributed by atoms with Gasteiger partial charge >= 0.3 is 0 Å². The maximum Gasteiger partial charge on any atom is 0.144 e. The number of pyridine rings is 1. The summed E-state index contributed by atoms with van der Waals surface area (Å²) >= 11 is 1.64. The first-order chi connectivity index (χ1) is 8.29. The molecule has 2 aromatic heterocycles. The third-order valence-electron chi connectivity index (χ3n) is 2.26. The Morgan fingerprint density at radius 3 is 3.06 bits per heavy atom. The number of aromatic nitrogens is 2. The number of nitrogens with zero attached hydrogens (tertiary/aromatic N) is 3. The van der Waals surface area contributed by atoms with Crippen LogP contribution in [0.2, 0.25) is 0 Å². The fourth-order valence-corrected chi connectivity index (χ4v) is 2.21. The van der Waals surface area contributed by atoms with Crippen LogP contribution in [0.3, 0.4) is 0 Å². The van der Waals surface area contributed by atoms with Gasteiger partial charge in [0.2, 0.25) is 0 Å². The predicted octanol–water partition coefficient (Wildman–Crippen LogP) is 2.01. The summed E-state index contributed by atoms with van der Waals surface area (Å²) in [6.07, 6.45) is 1.63. The molecule has 1 N–H and O–H groups in total. The fourth-order valence-electron chi connectivity index (χ4n) is 1.47. The van der Waals surface area contributed by atoms with Crippen molar-refractivity contribution in [2.75, 3.05) is 0 Å². The smallest absolute Gasteiger partial charge is 0.144 e. The molecule has 0 radical (unpaired) electrons. The van der Waals surface area contributed by atoms with Crippen LogP contribution < -0.4 is 5.32 Å². The van der Waals surface area contributed by atoms with E-state index in [1.165, 1.54) is 0 Å². The molecule has 2 rings (SSSR count). The zero-order chi connectivity index (χ0) is 12.1. The largest absolute Gasteiger partial charge is 0.306 e. The molecule has 4 nitrogen and oxygen atoms in total. The van der Waals surface area contributed by atoms with Crippen LogP contribution in [0.15, 0.2) is 23.7 Å². The monoisotopic (exact) mass is 244 g/mol. The number of rotatable bonds is 4. The average molecular weight is 244 g/mol. The quantitative estimate of drug-likeness (QED) is 0.893. The average Bonchev–Trinajstić information content (AvgIpc) is 2.76. The van der Waals surface area contributed by atoms with Crippen LogP contribution in [0.5, 0.6) is 0 Å². The molecule has 0 aromatic carbocycles. The van der Waals surface area contributed by atoms with Crippen LogP contribution in [0.25, 0.3) is 0 Å². The lowest BCUT2D eigenvalue weighted by Gasteiger charge is -2.03. The molecule has 0 unspecified atom stereocenters. The van der Waals surface area contributed by atoms with Crippen molar-refractivity contribution in [3.63, 3.8) is 0 Å². The third kappa shape index (κ3) is 3.09. The van der Waals surface area contributed by atoms with Gasteiger partial charge in [-0.05, 0) is 13.0 Å². The molecule has 0 saturated heterocycles. The van der Waals surface area contributed by atoms with Crippen LogP contribution in [-0.2, 0) is 13.1 Å². The maximum absolute atomic E-state index is 8.89. The molecule has 0 aliphatic heterocycles. The van der Waals surface area contributed by atoms with Gasteiger partial charge in [0.15, 0.2) is 0 Å². The molecular formula is C12H12N4S. The molecule has 17 heavy (non-hydrogen) atoms. The second kappa shape index (κ2) is 5.53. The van der Waals surface area contributed by atoms with Gasteiger partial charge in [0.05, 0.1) is 0 Å². The lowest BCUT2D eigenvalue weighted by molar-refractivity contribution is 0.685. The second-order valence-electron chi connectivity index (χ2n) is 3.61. The number of thiazole rings is 1. The van der Waals surface area contributed by atoms with E-state index >= 15 is 0 Å². The van der Waals surface area contributed by atoms with E-state index in [0.717, 1.165) is 22.8 Å². The lowest BCUT2D eigenvalue weighted by Crippen LogP contribution is -2.13. The van der Waals surface area contributed by atoms with Crippen molar-refractivity contribution in [1.29, 1.82) is 5.26 Å². The van der Waals surface area contributed by atoms with Crippen molar-refractivity contribution in [2.24, 2.45) is 0 Å². The van der Waals surface area contributed by atoms with Crippen molar-refractivity contribution < 1.29 is 0 Å². The molecule has 0 saturated carbocycles. The summed E-state index contributed by atoms with van der Waals surface area (Å²) in [6, 6.07) is 5.83. The Bertz CT molecular complexity index is 541. The number of nitriles is 1. The van der Waals surface area contributed by atoms with Crippen LogP contribution in [0.4, 0.5) is 0 Å². The summed E-state index contributed by atoms with van der Waals surface area (Å²) < 4.78 is 0. The van der Waals surface area contributed by atoms with Gasteiger partial charge in [-0.1, -0.05) is 6.07 Å². The molecule has 0 spiro atoms. The minimum absolute atomic E-state index is 0.482. The highest BCUT2D eigenvalue weighted by molar-refractivity contribution is 7.09. The summed E-state index contributed by atoms with van der Waals surface area (Å²) in [7, 11) is 0. The van der Waals surface area contributed by atoms with Gasteiger partial charge in [-0.2, -0.15) is 5.26 Å². The predicted molar refractivity (Wildman–Crippen MR) is 66.3 cm³/mol. The van der Waals surface area contributed by atoms with E-state index in [1.54, 1.807) is 17.5 Å². The van der Waals surface area contributed by atoms with Gasteiger partial charge in [-0.25, -0.2) is 9.97 Å². The Morgan fingerprint density at radius 1 is 1.47 bits per heavy atom. The van der Waals surface area contributed by atoms with Gasteiger partial charge in [0.1, 0.15) is 16.8 Å². The topological polar surface area (TPSA) is 61.6 Å². The Hall–Kier alpha value is -1.77. The zero-order valence-electron chi connectivity index (χ0n) is 9.47. The van der Waals surface area contributed by atoms with Crippen LogP contribution in [0.1, 0.15) is 22.0 Å². The Labute approximate surface area is 104 Å². The van der Waals surface area contributed by atoms with Gasteiger partial charge in [-0.3, -0.25) is 0 Å². The summed E-state index contributed by atoms with van der Waals surface area (Å²) in [5.41, 5.74) is 2.45. The van der Waals surface area contributed by atoms with Crippen LogP contribution in [-0.4, -0.2) is 9.97 Å². The van der Waals surface area contributed by atoms with Gasteiger partial charge < -0.3 is 5.32 Å². The number of nitrogens with one attached hydrogen (secondary N) is 1. The highest BCUT2D eigenvalue weighted by Gasteiger charge is 2.02. The molecule has 0 aliphatic carbocycles. The van der Waals surface area contributed by atoms with Crippen LogP contribution >= 0.6 is 11.3 Å². The summed E-state index contributed by atoms with van der Waals surface area (Å²) in [5, 5.41) is 15.2. The molecular weight excluding hydrogens is 232 g/mol. The Morgan fingerprint density at radius 2 is 2.35 bits per heavy atom. The van der Waals surface area contributed by atoms with Crippen molar-refractivity contribution in [1.82, 2.24) is 15.3 Å². The zero-order valence-corrected chi connectivity index (χ0v) is 10.3. The summed E-state index contributed by atoms with van der Waals surface area (Å²) in [4.78, 5) is 8.37. The third-order valence-corrected chi connectivity index (χ3v) is 3.22. The molecule has 0 bridgehead atoms. The number of aryl methyl sites for hydroxylation is 1. The highest BCUT2D eigenvalue weighted by atomic mass is 32.1. The van der Waals surface area contributed by atoms with Crippen molar-refractivity contribution in [3.05, 3.63) is 45.7 Å². The van der Waals surface area contributed by atoms with Crippen molar-refractivity contribution >= 4 is 11.3 Å². The van der Waals surface area contributed by atoms with Crippen molar-refractivity contribution in [2.45, 2.75) is 20.0 Å². The van der Waals surface area contributed by atoms with Gasteiger partial charge in [-0.15, -0.1) is 11.3 Å². The first kappa shape index (κ1) is 11.7. The first-order valence-electron chi connectivity index (χ1n) is 5.25. The first-order valence-corrected chi connectivity index (χ1v) is 6.13.